The Kier molecular flexibility index (Phi) is 4.27. The Labute approximate surface area is 93.6 Å². The predicted octanol–water partition coefficient (Wildman–Crippen LogP) is 1.64. The minimum atomic E-state index is -3.47. The third kappa shape index (κ3) is 3.63. The summed E-state index contributed by atoms with van der Waals surface area (Å²) in [4.78, 5) is 0.971. The second kappa shape index (κ2) is 5.26. The number of hydrogen-bond donors (Lipinski definition) is 1. The van der Waals surface area contributed by atoms with Gasteiger partial charge in [0.25, 0.3) is 0 Å². The Bertz CT molecular complexity index is 431. The molecule has 0 saturated heterocycles. The highest BCUT2D eigenvalue weighted by Gasteiger charge is 2.18. The van der Waals surface area contributed by atoms with Gasteiger partial charge in [-0.1, -0.05) is 13.0 Å². The van der Waals surface area contributed by atoms with Crippen LogP contribution in [-0.4, -0.2) is 14.2 Å². The quantitative estimate of drug-likeness (QED) is 0.856. The topological polar surface area (TPSA) is 70.0 Å². The van der Waals surface area contributed by atoms with Gasteiger partial charge in [-0.2, -0.15) is 5.26 Å². The molecule has 1 N–H and O–H groups in total. The second-order valence-corrected chi connectivity index (χ2v) is 5.74. The van der Waals surface area contributed by atoms with Crippen molar-refractivity contribution >= 4 is 21.4 Å². The fraction of sp³-hybridized carbons (Fsp3) is 0.444. The maximum Gasteiger partial charge on any atom is 0.225 e. The Balaban J connectivity index is 2.76. The molecule has 1 aromatic heterocycles. The lowest BCUT2D eigenvalue weighted by Gasteiger charge is -2.13. The van der Waals surface area contributed by atoms with E-state index in [2.05, 4.69) is 4.72 Å². The molecule has 0 aliphatic rings. The van der Waals surface area contributed by atoms with Crippen molar-refractivity contribution in [2.24, 2.45) is 0 Å². The first-order valence-electron chi connectivity index (χ1n) is 4.49. The maximum atomic E-state index is 11.4. The molecular weight excluding hydrogens is 232 g/mol. The zero-order valence-corrected chi connectivity index (χ0v) is 9.94. The molecule has 6 heteroatoms. The van der Waals surface area contributed by atoms with Crippen molar-refractivity contribution in [2.75, 3.05) is 5.75 Å². The molecule has 1 rings (SSSR count). The molecule has 1 heterocycles. The lowest BCUT2D eigenvalue weighted by atomic mass is 10.2. The van der Waals surface area contributed by atoms with E-state index in [0.717, 1.165) is 4.88 Å². The number of rotatable bonds is 5. The van der Waals surface area contributed by atoms with Gasteiger partial charge in [0.2, 0.25) is 10.0 Å². The third-order valence-electron chi connectivity index (χ3n) is 1.87. The van der Waals surface area contributed by atoms with E-state index < -0.39 is 15.8 Å². The van der Waals surface area contributed by atoms with Gasteiger partial charge in [-0.05, 0) is 17.9 Å². The summed E-state index contributed by atoms with van der Waals surface area (Å²) in [5, 5.41) is 10.3. The number of hydrogen-bond acceptors (Lipinski definition) is 4. The fourth-order valence-electron chi connectivity index (χ4n) is 1.18. The number of sulfonamides is 1. The van der Waals surface area contributed by atoms with Crippen LogP contribution in [0, 0.1) is 11.3 Å². The summed E-state index contributed by atoms with van der Waals surface area (Å²) in [6.45, 7) is 1.90. The molecule has 0 saturated carbocycles. The van der Waals surface area contributed by atoms with E-state index >= 15 is 0 Å². The van der Waals surface area contributed by atoms with Gasteiger partial charge in [0.1, 0.15) is 0 Å². The Morgan fingerprint density at radius 1 is 1.67 bits per heavy atom. The summed E-state index contributed by atoms with van der Waals surface area (Å²) in [6.07, 6.45) is 0.672. The van der Waals surface area contributed by atoms with Gasteiger partial charge in [-0.3, -0.25) is 0 Å². The molecular formula is C9H12N2O2S2. The van der Waals surface area contributed by atoms with Gasteiger partial charge in [0.15, 0.2) is 5.75 Å². The zero-order chi connectivity index (χ0) is 11.3. The first kappa shape index (κ1) is 12.2. The molecule has 15 heavy (non-hydrogen) atoms. The molecule has 0 spiro atoms. The molecule has 0 aliphatic heterocycles. The molecule has 1 unspecified atom stereocenters. The average molecular weight is 244 g/mol. The fourth-order valence-corrected chi connectivity index (χ4v) is 3.09. The van der Waals surface area contributed by atoms with Gasteiger partial charge >= 0.3 is 0 Å². The van der Waals surface area contributed by atoms with Crippen LogP contribution in [0.2, 0.25) is 0 Å². The van der Waals surface area contributed by atoms with Crippen LogP contribution in [0.1, 0.15) is 24.3 Å². The summed E-state index contributed by atoms with van der Waals surface area (Å²) in [5.41, 5.74) is 0. The molecule has 0 fully saturated rings. The highest BCUT2D eigenvalue weighted by molar-refractivity contribution is 7.89. The van der Waals surface area contributed by atoms with E-state index in [-0.39, 0.29) is 6.04 Å². The van der Waals surface area contributed by atoms with E-state index in [1.54, 1.807) is 6.07 Å². The molecule has 0 aliphatic carbocycles. The molecule has 4 nitrogen and oxygen atoms in total. The summed E-state index contributed by atoms with van der Waals surface area (Å²) < 4.78 is 25.2. The van der Waals surface area contributed by atoms with Crippen LogP contribution in [0.25, 0.3) is 0 Å². The van der Waals surface area contributed by atoms with Crippen molar-refractivity contribution in [3.05, 3.63) is 22.4 Å². The van der Waals surface area contributed by atoms with Crippen molar-refractivity contribution in [3.8, 4) is 6.07 Å². The van der Waals surface area contributed by atoms with Crippen LogP contribution < -0.4 is 4.72 Å². The maximum absolute atomic E-state index is 11.4. The molecule has 0 radical (unpaired) electrons. The van der Waals surface area contributed by atoms with E-state index in [1.165, 1.54) is 11.3 Å². The largest absolute Gasteiger partial charge is 0.225 e. The normalized spacial score (nSPS) is 13.3. The van der Waals surface area contributed by atoms with Crippen LogP contribution in [0.15, 0.2) is 17.5 Å². The Morgan fingerprint density at radius 3 is 2.87 bits per heavy atom. The van der Waals surface area contributed by atoms with Crippen molar-refractivity contribution in [1.82, 2.24) is 4.72 Å². The standard InChI is InChI=1S/C9H12N2O2S2/c1-2-8(9-4-3-6-14-9)11-15(12,13)7-5-10/h3-4,6,8,11H,2,7H2,1H3. The van der Waals surface area contributed by atoms with Crippen molar-refractivity contribution < 1.29 is 8.42 Å². The average Bonchev–Trinajstić information content (AvgIpc) is 2.67. The van der Waals surface area contributed by atoms with E-state index in [9.17, 15) is 8.42 Å². The van der Waals surface area contributed by atoms with Crippen molar-refractivity contribution in [2.45, 2.75) is 19.4 Å². The first-order valence-corrected chi connectivity index (χ1v) is 7.02. The minimum absolute atomic E-state index is 0.219. The summed E-state index contributed by atoms with van der Waals surface area (Å²) in [6, 6.07) is 5.18. The molecule has 82 valence electrons. The minimum Gasteiger partial charge on any atom is -0.211 e. The SMILES string of the molecule is CCC(NS(=O)(=O)CC#N)c1cccs1. The van der Waals surface area contributed by atoms with Gasteiger partial charge < -0.3 is 0 Å². The highest BCUT2D eigenvalue weighted by atomic mass is 32.2. The van der Waals surface area contributed by atoms with E-state index in [0.29, 0.717) is 6.42 Å². The summed E-state index contributed by atoms with van der Waals surface area (Å²) in [5.74, 6) is -0.491. The van der Waals surface area contributed by atoms with Crippen LogP contribution in [0.5, 0.6) is 0 Å². The van der Waals surface area contributed by atoms with Gasteiger partial charge in [0, 0.05) is 4.88 Å². The lowest BCUT2D eigenvalue weighted by molar-refractivity contribution is 0.556. The van der Waals surface area contributed by atoms with Gasteiger partial charge in [0.05, 0.1) is 12.1 Å². The molecule has 1 atom stereocenters. The van der Waals surface area contributed by atoms with Crippen LogP contribution >= 0.6 is 11.3 Å². The second-order valence-electron chi connectivity index (χ2n) is 3.01. The van der Waals surface area contributed by atoms with Crippen molar-refractivity contribution in [3.63, 3.8) is 0 Å². The number of nitrogens with zero attached hydrogens (tertiary/aromatic N) is 1. The molecule has 0 aromatic carbocycles. The third-order valence-corrected chi connectivity index (χ3v) is 4.01. The summed E-state index contributed by atoms with van der Waals surface area (Å²) >= 11 is 1.50. The molecule has 0 bridgehead atoms. The zero-order valence-electron chi connectivity index (χ0n) is 8.30. The van der Waals surface area contributed by atoms with E-state index in [4.69, 9.17) is 5.26 Å². The first-order chi connectivity index (χ1) is 7.09. The smallest absolute Gasteiger partial charge is 0.211 e. The van der Waals surface area contributed by atoms with Gasteiger partial charge in [-0.25, -0.2) is 13.1 Å². The Morgan fingerprint density at radius 2 is 2.40 bits per heavy atom. The Hall–Kier alpha value is -0.900. The summed E-state index contributed by atoms with van der Waals surface area (Å²) in [7, 11) is -3.47. The monoisotopic (exact) mass is 244 g/mol. The van der Waals surface area contributed by atoms with Gasteiger partial charge in [-0.15, -0.1) is 11.3 Å². The predicted molar refractivity (Wildman–Crippen MR) is 59.9 cm³/mol. The van der Waals surface area contributed by atoms with Crippen LogP contribution in [-0.2, 0) is 10.0 Å². The van der Waals surface area contributed by atoms with Crippen LogP contribution in [0.4, 0.5) is 0 Å². The highest BCUT2D eigenvalue weighted by Crippen LogP contribution is 2.22. The number of thiophene rings is 1. The molecule has 1 aromatic rings. The van der Waals surface area contributed by atoms with Crippen molar-refractivity contribution in [1.29, 1.82) is 5.26 Å². The molecule has 0 amide bonds. The number of nitriles is 1. The van der Waals surface area contributed by atoms with E-state index in [1.807, 2.05) is 24.4 Å². The number of nitrogens with one attached hydrogen (secondary N) is 1. The van der Waals surface area contributed by atoms with Crippen LogP contribution in [0.3, 0.4) is 0 Å². The lowest BCUT2D eigenvalue weighted by Crippen LogP contribution is -2.29.